The van der Waals surface area contributed by atoms with Crippen LogP contribution in [-0.2, 0) is 6.42 Å². The van der Waals surface area contributed by atoms with Gasteiger partial charge in [0.2, 0.25) is 0 Å². The molecule has 112 valence electrons. The molecule has 2 N–H and O–H groups in total. The Labute approximate surface area is 142 Å². The average molecular weight is 414 g/mol. The van der Waals surface area contributed by atoms with Gasteiger partial charge in [0.1, 0.15) is 5.75 Å². The van der Waals surface area contributed by atoms with Crippen molar-refractivity contribution in [3.8, 4) is 5.75 Å². The first-order chi connectivity index (χ1) is 9.92. The van der Waals surface area contributed by atoms with Gasteiger partial charge in [-0.05, 0) is 37.6 Å². The second-order valence-corrected chi connectivity index (χ2v) is 6.89. The molecule has 21 heavy (non-hydrogen) atoms. The maximum absolute atomic E-state index is 6.34. The van der Waals surface area contributed by atoms with E-state index in [9.17, 15) is 0 Å². The van der Waals surface area contributed by atoms with Crippen LogP contribution in [0.1, 0.15) is 28.4 Å². The molecular weight excluding hydrogens is 396 g/mol. The third kappa shape index (κ3) is 3.84. The summed E-state index contributed by atoms with van der Waals surface area (Å²) in [5, 5.41) is 0. The van der Waals surface area contributed by atoms with E-state index in [1.165, 1.54) is 0 Å². The third-order valence-electron chi connectivity index (χ3n) is 3.48. The molecule has 0 aliphatic carbocycles. The number of hydrogen-bond acceptors (Lipinski definition) is 3. The van der Waals surface area contributed by atoms with Gasteiger partial charge >= 0.3 is 0 Å². The summed E-state index contributed by atoms with van der Waals surface area (Å²) in [6.07, 6.45) is 2.51. The summed E-state index contributed by atoms with van der Waals surface area (Å²) in [5.41, 5.74) is 10.5. The molecule has 1 aromatic heterocycles. The van der Waals surface area contributed by atoms with Crippen LogP contribution in [0.15, 0.2) is 33.3 Å². The Bertz CT molecular complexity index is 639. The van der Waals surface area contributed by atoms with Gasteiger partial charge in [0.25, 0.3) is 0 Å². The first-order valence-electron chi connectivity index (χ1n) is 6.63. The van der Waals surface area contributed by atoms with Crippen molar-refractivity contribution in [2.24, 2.45) is 5.73 Å². The topological polar surface area (TPSA) is 48.1 Å². The van der Waals surface area contributed by atoms with Gasteiger partial charge in [-0.25, -0.2) is 0 Å². The number of aryl methyl sites for hydroxylation is 1. The standard InChI is InChI=1S/C16H18Br2N2O/c1-9-8-20-15(10(2)16(9)21-3)7-14(19)11-4-12(17)6-13(18)5-11/h4-6,8,14H,7,19H2,1-3H3. The van der Waals surface area contributed by atoms with Gasteiger partial charge in [0.05, 0.1) is 7.11 Å². The molecule has 5 heteroatoms. The Kier molecular flexibility index (Phi) is 5.41. The number of aromatic nitrogens is 1. The zero-order valence-electron chi connectivity index (χ0n) is 12.3. The van der Waals surface area contributed by atoms with Gasteiger partial charge in [0, 0.05) is 44.4 Å². The molecule has 0 aliphatic heterocycles. The summed E-state index contributed by atoms with van der Waals surface area (Å²) in [6, 6.07) is 5.96. The van der Waals surface area contributed by atoms with E-state index in [1.54, 1.807) is 7.11 Å². The molecule has 2 rings (SSSR count). The van der Waals surface area contributed by atoms with Crippen molar-refractivity contribution in [1.29, 1.82) is 0 Å². The minimum atomic E-state index is -0.114. The van der Waals surface area contributed by atoms with Crippen molar-refractivity contribution in [1.82, 2.24) is 4.98 Å². The summed E-state index contributed by atoms with van der Waals surface area (Å²) < 4.78 is 7.46. The smallest absolute Gasteiger partial charge is 0.128 e. The number of benzene rings is 1. The van der Waals surface area contributed by atoms with Crippen molar-refractivity contribution in [3.05, 3.63) is 55.7 Å². The van der Waals surface area contributed by atoms with Gasteiger partial charge < -0.3 is 10.5 Å². The van der Waals surface area contributed by atoms with E-state index in [-0.39, 0.29) is 6.04 Å². The lowest BCUT2D eigenvalue weighted by atomic mass is 9.99. The van der Waals surface area contributed by atoms with Crippen LogP contribution in [0.4, 0.5) is 0 Å². The van der Waals surface area contributed by atoms with E-state index >= 15 is 0 Å². The van der Waals surface area contributed by atoms with Crippen molar-refractivity contribution < 1.29 is 4.74 Å². The Morgan fingerprint density at radius 2 is 1.81 bits per heavy atom. The molecule has 0 saturated heterocycles. The molecule has 3 nitrogen and oxygen atoms in total. The van der Waals surface area contributed by atoms with Crippen molar-refractivity contribution in [2.45, 2.75) is 26.3 Å². The number of rotatable bonds is 4. The van der Waals surface area contributed by atoms with Gasteiger partial charge in [-0.15, -0.1) is 0 Å². The number of hydrogen-bond donors (Lipinski definition) is 1. The first kappa shape index (κ1) is 16.5. The molecule has 1 atom stereocenters. The van der Waals surface area contributed by atoms with Crippen LogP contribution in [0, 0.1) is 13.8 Å². The van der Waals surface area contributed by atoms with Crippen molar-refractivity contribution in [2.75, 3.05) is 7.11 Å². The first-order valence-corrected chi connectivity index (χ1v) is 8.21. The van der Waals surface area contributed by atoms with E-state index in [0.717, 1.165) is 37.1 Å². The van der Waals surface area contributed by atoms with Crippen LogP contribution in [0.5, 0.6) is 5.75 Å². The van der Waals surface area contributed by atoms with E-state index in [2.05, 4.69) is 36.8 Å². The van der Waals surface area contributed by atoms with Crippen LogP contribution >= 0.6 is 31.9 Å². The highest BCUT2D eigenvalue weighted by atomic mass is 79.9. The molecular formula is C16H18Br2N2O. The minimum Gasteiger partial charge on any atom is -0.496 e. The zero-order valence-corrected chi connectivity index (χ0v) is 15.5. The number of pyridine rings is 1. The summed E-state index contributed by atoms with van der Waals surface area (Å²) in [7, 11) is 1.68. The summed E-state index contributed by atoms with van der Waals surface area (Å²) in [5.74, 6) is 0.891. The Hall–Kier alpha value is -0.910. The fourth-order valence-electron chi connectivity index (χ4n) is 2.39. The summed E-state index contributed by atoms with van der Waals surface area (Å²) >= 11 is 6.98. The summed E-state index contributed by atoms with van der Waals surface area (Å²) in [6.45, 7) is 4.02. The predicted molar refractivity (Wildman–Crippen MR) is 92.7 cm³/mol. The third-order valence-corrected chi connectivity index (χ3v) is 4.39. The lowest BCUT2D eigenvalue weighted by molar-refractivity contribution is 0.406. The van der Waals surface area contributed by atoms with Crippen LogP contribution < -0.4 is 10.5 Å². The average Bonchev–Trinajstić information content (AvgIpc) is 2.41. The van der Waals surface area contributed by atoms with Crippen molar-refractivity contribution >= 4 is 31.9 Å². The van der Waals surface area contributed by atoms with E-state index in [0.29, 0.717) is 6.42 Å². The van der Waals surface area contributed by atoms with Gasteiger partial charge in [-0.1, -0.05) is 31.9 Å². The van der Waals surface area contributed by atoms with Crippen LogP contribution in [0.25, 0.3) is 0 Å². The molecule has 0 radical (unpaired) electrons. The molecule has 0 saturated carbocycles. The number of nitrogens with two attached hydrogens (primary N) is 1. The minimum absolute atomic E-state index is 0.114. The number of halogens is 2. The molecule has 2 aromatic rings. The molecule has 0 amide bonds. The largest absolute Gasteiger partial charge is 0.496 e. The highest BCUT2D eigenvalue weighted by molar-refractivity contribution is 9.11. The normalized spacial score (nSPS) is 12.3. The quantitative estimate of drug-likeness (QED) is 0.803. The summed E-state index contributed by atoms with van der Waals surface area (Å²) in [4.78, 5) is 4.51. The monoisotopic (exact) mass is 412 g/mol. The molecule has 0 aliphatic rings. The lowest BCUT2D eigenvalue weighted by Gasteiger charge is -2.16. The SMILES string of the molecule is COc1c(C)cnc(CC(N)c2cc(Br)cc(Br)c2)c1C. The molecule has 1 heterocycles. The molecule has 0 fully saturated rings. The zero-order chi connectivity index (χ0) is 15.6. The highest BCUT2D eigenvalue weighted by Crippen LogP contribution is 2.28. The molecule has 1 unspecified atom stereocenters. The second-order valence-electron chi connectivity index (χ2n) is 5.06. The predicted octanol–water partition coefficient (Wildman–Crippen LogP) is 4.47. The number of nitrogens with zero attached hydrogens (tertiary/aromatic N) is 1. The van der Waals surface area contributed by atoms with Crippen LogP contribution in [0.3, 0.4) is 0 Å². The number of ether oxygens (including phenoxy) is 1. The highest BCUT2D eigenvalue weighted by Gasteiger charge is 2.14. The van der Waals surface area contributed by atoms with E-state index in [1.807, 2.05) is 38.2 Å². The van der Waals surface area contributed by atoms with Crippen molar-refractivity contribution in [3.63, 3.8) is 0 Å². The van der Waals surface area contributed by atoms with Crippen LogP contribution in [0.2, 0.25) is 0 Å². The Morgan fingerprint density at radius 3 is 2.38 bits per heavy atom. The van der Waals surface area contributed by atoms with Gasteiger partial charge in [-0.2, -0.15) is 0 Å². The molecule has 0 spiro atoms. The molecule has 0 bridgehead atoms. The fourth-order valence-corrected chi connectivity index (χ4v) is 3.72. The lowest BCUT2D eigenvalue weighted by Crippen LogP contribution is -2.15. The Morgan fingerprint density at radius 1 is 1.19 bits per heavy atom. The fraction of sp³-hybridized carbons (Fsp3) is 0.312. The van der Waals surface area contributed by atoms with Gasteiger partial charge in [0.15, 0.2) is 0 Å². The van der Waals surface area contributed by atoms with Gasteiger partial charge in [-0.3, -0.25) is 4.98 Å². The van der Waals surface area contributed by atoms with E-state index in [4.69, 9.17) is 10.5 Å². The maximum atomic E-state index is 6.34. The van der Waals surface area contributed by atoms with Crippen LogP contribution in [-0.4, -0.2) is 12.1 Å². The van der Waals surface area contributed by atoms with E-state index < -0.39 is 0 Å². The molecule has 1 aromatic carbocycles. The Balaban J connectivity index is 2.29. The number of methoxy groups -OCH3 is 1. The maximum Gasteiger partial charge on any atom is 0.128 e. The second kappa shape index (κ2) is 6.90.